The Morgan fingerprint density at radius 2 is 1.81 bits per heavy atom. The minimum atomic E-state index is -4.03. The number of aryl methyl sites for hydroxylation is 1. The lowest BCUT2D eigenvalue weighted by Crippen LogP contribution is -2.20. The van der Waals surface area contributed by atoms with Crippen LogP contribution >= 0.6 is 0 Å². The average Bonchev–Trinajstić information content (AvgIpc) is 2.60. The summed E-state index contributed by atoms with van der Waals surface area (Å²) in [5, 5.41) is 14.9. The number of nitrogens with one attached hydrogen (secondary N) is 1. The topological polar surface area (TPSA) is 111 Å². The number of hydrogen-bond acceptors (Lipinski definition) is 6. The largest absolute Gasteiger partial charge is 0.491 e. The third-order valence-corrected chi connectivity index (χ3v) is 4.87. The van der Waals surface area contributed by atoms with Gasteiger partial charge in [0.15, 0.2) is 0 Å². The van der Waals surface area contributed by atoms with Gasteiger partial charge in [-0.3, -0.25) is 10.1 Å². The van der Waals surface area contributed by atoms with Gasteiger partial charge in [-0.15, -0.1) is 0 Å². The van der Waals surface area contributed by atoms with E-state index in [1.54, 1.807) is 31.2 Å². The first-order chi connectivity index (χ1) is 12.6. The second-order valence-electron chi connectivity index (χ2n) is 6.19. The first kappa shape index (κ1) is 20.4. The molecule has 0 aliphatic heterocycles. The highest BCUT2D eigenvalue weighted by atomic mass is 32.2. The molecule has 0 heterocycles. The fourth-order valence-electron chi connectivity index (χ4n) is 2.25. The van der Waals surface area contributed by atoms with Gasteiger partial charge in [0, 0.05) is 11.6 Å². The van der Waals surface area contributed by atoms with E-state index in [1.807, 2.05) is 13.8 Å². The van der Waals surface area contributed by atoms with Crippen LogP contribution < -0.4 is 9.57 Å². The fourth-order valence-corrected chi connectivity index (χ4v) is 3.12. The molecule has 0 saturated carbocycles. The van der Waals surface area contributed by atoms with Crippen LogP contribution in [-0.2, 0) is 10.0 Å². The number of nitrogens with zero attached hydrogens (tertiary/aromatic N) is 2. The lowest BCUT2D eigenvalue weighted by Gasteiger charge is -2.10. The monoisotopic (exact) mass is 391 g/mol. The smallest absolute Gasteiger partial charge is 0.276 e. The highest BCUT2D eigenvalue weighted by Crippen LogP contribution is 2.22. The molecular weight excluding hydrogens is 370 g/mol. The molecule has 2 rings (SSSR count). The minimum Gasteiger partial charge on any atom is -0.491 e. The molecule has 0 fully saturated rings. The zero-order valence-electron chi connectivity index (χ0n) is 15.5. The summed E-state index contributed by atoms with van der Waals surface area (Å²) >= 11 is 0. The summed E-state index contributed by atoms with van der Waals surface area (Å²) in [5.74, 6) is 0.703. The summed E-state index contributed by atoms with van der Waals surface area (Å²) in [4.78, 5) is 12.3. The van der Waals surface area contributed by atoms with Crippen LogP contribution in [0.15, 0.2) is 52.5 Å². The highest BCUT2D eigenvalue weighted by molar-refractivity contribution is 7.89. The van der Waals surface area contributed by atoms with Crippen molar-refractivity contribution in [2.24, 2.45) is 5.10 Å². The van der Waals surface area contributed by atoms with Gasteiger partial charge in [-0.05, 0) is 63.6 Å². The molecule has 0 atom stereocenters. The van der Waals surface area contributed by atoms with Gasteiger partial charge in [0.25, 0.3) is 15.7 Å². The van der Waals surface area contributed by atoms with Crippen molar-refractivity contribution in [1.82, 2.24) is 4.83 Å². The van der Waals surface area contributed by atoms with Gasteiger partial charge in [0.1, 0.15) is 5.75 Å². The maximum absolute atomic E-state index is 12.4. The van der Waals surface area contributed by atoms with Crippen LogP contribution in [0, 0.1) is 17.0 Å². The number of nitro benzene ring substituents is 1. The van der Waals surface area contributed by atoms with Crippen molar-refractivity contribution >= 4 is 21.4 Å². The molecule has 0 unspecified atom stereocenters. The number of hydrazone groups is 1. The van der Waals surface area contributed by atoms with Crippen molar-refractivity contribution in [1.29, 1.82) is 0 Å². The lowest BCUT2D eigenvalue weighted by atomic mass is 10.1. The van der Waals surface area contributed by atoms with Crippen molar-refractivity contribution in [3.05, 3.63) is 63.7 Å². The van der Waals surface area contributed by atoms with E-state index in [0.29, 0.717) is 22.6 Å². The number of benzene rings is 2. The predicted octanol–water partition coefficient (Wildman–Crippen LogP) is 3.39. The van der Waals surface area contributed by atoms with E-state index < -0.39 is 14.9 Å². The molecule has 1 N–H and O–H groups in total. The van der Waals surface area contributed by atoms with E-state index in [9.17, 15) is 18.5 Å². The van der Waals surface area contributed by atoms with E-state index in [-0.39, 0.29) is 16.7 Å². The van der Waals surface area contributed by atoms with Crippen LogP contribution in [0.1, 0.15) is 31.9 Å². The molecule has 0 aliphatic carbocycles. The Hall–Kier alpha value is -2.94. The van der Waals surface area contributed by atoms with Crippen LogP contribution in [0.25, 0.3) is 0 Å². The molecule has 27 heavy (non-hydrogen) atoms. The van der Waals surface area contributed by atoms with Crippen molar-refractivity contribution in [3.63, 3.8) is 0 Å². The van der Waals surface area contributed by atoms with Crippen molar-refractivity contribution < 1.29 is 18.1 Å². The summed E-state index contributed by atoms with van der Waals surface area (Å²) in [5.41, 5.74) is 1.27. The Kier molecular flexibility index (Phi) is 6.17. The molecule has 0 aliphatic rings. The summed E-state index contributed by atoms with van der Waals surface area (Å²) < 4.78 is 30.3. The summed E-state index contributed by atoms with van der Waals surface area (Å²) in [6.45, 7) is 7.03. The van der Waals surface area contributed by atoms with E-state index >= 15 is 0 Å². The average molecular weight is 391 g/mol. The normalized spacial score (nSPS) is 12.1. The molecule has 0 saturated heterocycles. The Bertz CT molecular complexity index is 967. The van der Waals surface area contributed by atoms with E-state index in [4.69, 9.17) is 4.74 Å². The summed E-state index contributed by atoms with van der Waals surface area (Å²) in [6, 6.07) is 10.8. The third kappa shape index (κ3) is 5.27. The molecule has 8 nitrogen and oxygen atoms in total. The first-order valence-corrected chi connectivity index (χ1v) is 9.66. The third-order valence-electron chi connectivity index (χ3n) is 3.67. The number of hydrogen-bond donors (Lipinski definition) is 1. The SMILES string of the molecule is C/C(=N/NS(=O)(=O)c1ccc(C)c([N+](=O)[O-])c1)c1ccc(OC(C)C)cc1. The van der Waals surface area contributed by atoms with Gasteiger partial charge in [-0.25, -0.2) is 0 Å². The molecule has 2 aromatic carbocycles. The number of sulfonamides is 1. The van der Waals surface area contributed by atoms with Crippen LogP contribution in [-0.4, -0.2) is 25.2 Å². The van der Waals surface area contributed by atoms with E-state index in [2.05, 4.69) is 9.93 Å². The van der Waals surface area contributed by atoms with Gasteiger partial charge >= 0.3 is 0 Å². The maximum atomic E-state index is 12.4. The first-order valence-electron chi connectivity index (χ1n) is 8.18. The second kappa shape index (κ2) is 8.17. The predicted molar refractivity (Wildman–Crippen MR) is 103 cm³/mol. The molecule has 0 radical (unpaired) electrons. The molecule has 0 spiro atoms. The lowest BCUT2D eigenvalue weighted by molar-refractivity contribution is -0.385. The number of nitro groups is 1. The Balaban J connectivity index is 2.20. The highest BCUT2D eigenvalue weighted by Gasteiger charge is 2.19. The van der Waals surface area contributed by atoms with Gasteiger partial charge in [-0.1, -0.05) is 6.07 Å². The van der Waals surface area contributed by atoms with E-state index in [0.717, 1.165) is 6.07 Å². The molecule has 0 bridgehead atoms. The van der Waals surface area contributed by atoms with Crippen LogP contribution in [0.2, 0.25) is 0 Å². The minimum absolute atomic E-state index is 0.0518. The molecule has 0 aromatic heterocycles. The van der Waals surface area contributed by atoms with Gasteiger partial charge < -0.3 is 4.74 Å². The zero-order chi connectivity index (χ0) is 20.2. The van der Waals surface area contributed by atoms with Crippen molar-refractivity contribution in [2.45, 2.75) is 38.7 Å². The summed E-state index contributed by atoms with van der Waals surface area (Å²) in [6.07, 6.45) is 0.0518. The van der Waals surface area contributed by atoms with Gasteiger partial charge in [-0.2, -0.15) is 18.4 Å². The van der Waals surface area contributed by atoms with Crippen LogP contribution in [0.3, 0.4) is 0 Å². The number of rotatable bonds is 7. The zero-order valence-corrected chi connectivity index (χ0v) is 16.3. The molecule has 0 amide bonds. The van der Waals surface area contributed by atoms with Crippen LogP contribution in [0.5, 0.6) is 5.75 Å². The van der Waals surface area contributed by atoms with Crippen LogP contribution in [0.4, 0.5) is 5.69 Å². The Morgan fingerprint density at radius 3 is 2.37 bits per heavy atom. The van der Waals surface area contributed by atoms with Crippen molar-refractivity contribution in [2.75, 3.05) is 0 Å². The maximum Gasteiger partial charge on any atom is 0.276 e. The standard InChI is InChI=1S/C18H21N3O5S/c1-12(2)26-16-8-6-15(7-9-16)14(4)19-20-27(24,25)17-10-5-13(3)18(11-17)21(22)23/h5-12,20H,1-4H3/b19-14-. The summed E-state index contributed by atoms with van der Waals surface area (Å²) in [7, 11) is -4.03. The molecule has 2 aromatic rings. The quantitative estimate of drug-likeness (QED) is 0.442. The van der Waals surface area contributed by atoms with Gasteiger partial charge in [0.2, 0.25) is 0 Å². The molecule has 144 valence electrons. The molecular formula is C18H21N3O5S. The Morgan fingerprint density at radius 1 is 1.19 bits per heavy atom. The second-order valence-corrected chi connectivity index (χ2v) is 7.85. The Labute approximate surface area is 158 Å². The molecule has 9 heteroatoms. The number of ether oxygens (including phenoxy) is 1. The van der Waals surface area contributed by atoms with E-state index in [1.165, 1.54) is 19.1 Å². The van der Waals surface area contributed by atoms with Gasteiger partial charge in [0.05, 0.1) is 21.6 Å². The van der Waals surface area contributed by atoms with Crippen molar-refractivity contribution in [3.8, 4) is 5.75 Å². The fraction of sp³-hybridized carbons (Fsp3) is 0.278.